The summed E-state index contributed by atoms with van der Waals surface area (Å²) in [7, 11) is 0. The molecular formula is C12H16O2. The largest absolute Gasteiger partial charge is 0.481 e. The van der Waals surface area contributed by atoms with Gasteiger partial charge in [-0.25, -0.2) is 0 Å². The number of hydrogen-bond donors (Lipinski definition) is 1. The molecule has 0 heterocycles. The predicted octanol–water partition coefficient (Wildman–Crippen LogP) is 2.00. The minimum Gasteiger partial charge on any atom is -0.481 e. The number of rotatable bonds is 1. The lowest BCUT2D eigenvalue weighted by atomic mass is 9.35. The van der Waals surface area contributed by atoms with Crippen molar-refractivity contribution in [3.05, 3.63) is 0 Å². The third-order valence-corrected chi connectivity index (χ3v) is 5.68. The first-order chi connectivity index (χ1) is 6.75. The van der Waals surface area contributed by atoms with Crippen LogP contribution in [0.15, 0.2) is 0 Å². The fraction of sp³-hybridized carbons (Fsp3) is 0.917. The van der Waals surface area contributed by atoms with Gasteiger partial charge in [-0.3, -0.25) is 4.79 Å². The average Bonchev–Trinajstić information content (AvgIpc) is 2.07. The van der Waals surface area contributed by atoms with Gasteiger partial charge in [0.2, 0.25) is 0 Å². The van der Waals surface area contributed by atoms with Crippen molar-refractivity contribution < 1.29 is 9.90 Å². The summed E-state index contributed by atoms with van der Waals surface area (Å²) in [6.07, 6.45) is 5.44. The van der Waals surface area contributed by atoms with Crippen LogP contribution in [0.4, 0.5) is 0 Å². The fourth-order valence-electron chi connectivity index (χ4n) is 5.57. The van der Waals surface area contributed by atoms with Crippen molar-refractivity contribution in [2.75, 3.05) is 0 Å². The highest BCUT2D eigenvalue weighted by molar-refractivity contribution is 5.73. The molecule has 0 aromatic carbocycles. The number of carbonyl (C=O) groups is 1. The Kier molecular flexibility index (Phi) is 1.20. The first kappa shape index (κ1) is 7.72. The van der Waals surface area contributed by atoms with Gasteiger partial charge in [0.05, 0.1) is 5.92 Å². The first-order valence-electron chi connectivity index (χ1n) is 5.98. The Morgan fingerprint density at radius 1 is 1.00 bits per heavy atom. The molecule has 6 aliphatic rings. The van der Waals surface area contributed by atoms with Crippen molar-refractivity contribution in [1.82, 2.24) is 0 Å². The molecule has 76 valence electrons. The van der Waals surface area contributed by atoms with Crippen LogP contribution in [0.2, 0.25) is 0 Å². The smallest absolute Gasteiger partial charge is 0.307 e. The van der Waals surface area contributed by atoms with Crippen LogP contribution in [0.3, 0.4) is 0 Å². The second-order valence-electron chi connectivity index (χ2n) is 6.01. The van der Waals surface area contributed by atoms with Crippen molar-refractivity contribution in [3.63, 3.8) is 0 Å². The highest BCUT2D eigenvalue weighted by atomic mass is 16.4. The molecule has 0 spiro atoms. The van der Waals surface area contributed by atoms with Gasteiger partial charge in [0.15, 0.2) is 0 Å². The van der Waals surface area contributed by atoms with E-state index in [1.807, 2.05) is 0 Å². The highest BCUT2D eigenvalue weighted by Crippen LogP contribution is 2.70. The first-order valence-corrected chi connectivity index (χ1v) is 5.98. The van der Waals surface area contributed by atoms with Crippen LogP contribution in [0.25, 0.3) is 0 Å². The topological polar surface area (TPSA) is 37.3 Å². The standard InChI is InChI=1S/C12H16O2/c13-12(14)11-9-6-1-5-2-7(4-6)10(11)8(9)3-5/h5-11H,1-4H2,(H,13,14)/t5?,6-,7+,8?,9+,10-,11?. The van der Waals surface area contributed by atoms with Gasteiger partial charge in [0.25, 0.3) is 0 Å². The molecule has 6 saturated carbocycles. The summed E-state index contributed by atoms with van der Waals surface area (Å²) in [5.74, 6) is 4.14. The minimum atomic E-state index is -0.494. The van der Waals surface area contributed by atoms with Crippen molar-refractivity contribution >= 4 is 5.97 Å². The van der Waals surface area contributed by atoms with E-state index in [0.29, 0.717) is 11.8 Å². The zero-order valence-corrected chi connectivity index (χ0v) is 8.23. The van der Waals surface area contributed by atoms with E-state index in [0.717, 1.165) is 23.7 Å². The molecule has 6 bridgehead atoms. The molecule has 6 aliphatic carbocycles. The zero-order valence-electron chi connectivity index (χ0n) is 8.23. The summed E-state index contributed by atoms with van der Waals surface area (Å²) >= 11 is 0. The molecule has 0 aromatic rings. The van der Waals surface area contributed by atoms with E-state index in [1.54, 1.807) is 0 Å². The Balaban J connectivity index is 1.75. The maximum Gasteiger partial charge on any atom is 0.307 e. The summed E-state index contributed by atoms with van der Waals surface area (Å²) in [5, 5.41) is 9.23. The molecule has 3 unspecified atom stereocenters. The number of aliphatic carboxylic acids is 1. The van der Waals surface area contributed by atoms with E-state index in [4.69, 9.17) is 0 Å². The number of hydrogen-bond acceptors (Lipinski definition) is 1. The lowest BCUT2D eigenvalue weighted by Crippen LogP contribution is -2.66. The van der Waals surface area contributed by atoms with Crippen LogP contribution in [0.1, 0.15) is 25.7 Å². The number of carboxylic acid groups (broad SMARTS) is 1. The predicted molar refractivity (Wildman–Crippen MR) is 50.5 cm³/mol. The summed E-state index contributed by atoms with van der Waals surface area (Å²) in [5.41, 5.74) is 0. The Hall–Kier alpha value is -0.530. The van der Waals surface area contributed by atoms with Crippen molar-refractivity contribution in [1.29, 1.82) is 0 Å². The Morgan fingerprint density at radius 3 is 2.14 bits per heavy atom. The van der Waals surface area contributed by atoms with Gasteiger partial charge in [0.1, 0.15) is 0 Å². The molecule has 7 atom stereocenters. The van der Waals surface area contributed by atoms with Gasteiger partial charge in [-0.05, 0) is 61.2 Å². The van der Waals surface area contributed by atoms with Gasteiger partial charge in [0, 0.05) is 0 Å². The van der Waals surface area contributed by atoms with Crippen molar-refractivity contribution in [3.8, 4) is 0 Å². The summed E-state index contributed by atoms with van der Waals surface area (Å²) in [6, 6.07) is 0. The molecule has 0 radical (unpaired) electrons. The van der Waals surface area contributed by atoms with Crippen LogP contribution in [-0.2, 0) is 4.79 Å². The van der Waals surface area contributed by atoms with Gasteiger partial charge in [-0.1, -0.05) is 0 Å². The molecule has 6 rings (SSSR count). The van der Waals surface area contributed by atoms with E-state index < -0.39 is 5.97 Å². The second kappa shape index (κ2) is 2.17. The van der Waals surface area contributed by atoms with Crippen LogP contribution in [0, 0.1) is 41.4 Å². The molecular weight excluding hydrogens is 176 g/mol. The van der Waals surface area contributed by atoms with E-state index in [-0.39, 0.29) is 5.92 Å². The number of carboxylic acids is 1. The summed E-state index contributed by atoms with van der Waals surface area (Å²) in [4.78, 5) is 11.2. The molecule has 0 amide bonds. The van der Waals surface area contributed by atoms with E-state index >= 15 is 0 Å². The fourth-order valence-corrected chi connectivity index (χ4v) is 5.57. The maximum absolute atomic E-state index is 11.2. The van der Waals surface area contributed by atoms with Gasteiger partial charge >= 0.3 is 5.97 Å². The molecule has 2 nitrogen and oxygen atoms in total. The van der Waals surface area contributed by atoms with Crippen LogP contribution in [0.5, 0.6) is 0 Å². The lowest BCUT2D eigenvalue weighted by Gasteiger charge is -2.69. The van der Waals surface area contributed by atoms with Crippen LogP contribution < -0.4 is 0 Å². The van der Waals surface area contributed by atoms with Crippen molar-refractivity contribution in [2.45, 2.75) is 25.7 Å². The molecule has 0 aliphatic heterocycles. The monoisotopic (exact) mass is 192 g/mol. The minimum absolute atomic E-state index is 0.0602. The molecule has 0 aromatic heterocycles. The van der Waals surface area contributed by atoms with E-state index in [9.17, 15) is 9.90 Å². The van der Waals surface area contributed by atoms with Gasteiger partial charge in [-0.15, -0.1) is 0 Å². The third kappa shape index (κ3) is 0.665. The third-order valence-electron chi connectivity index (χ3n) is 5.68. The summed E-state index contributed by atoms with van der Waals surface area (Å²) in [6.45, 7) is 0. The quantitative estimate of drug-likeness (QED) is 0.690. The second-order valence-corrected chi connectivity index (χ2v) is 6.01. The molecule has 14 heavy (non-hydrogen) atoms. The Bertz CT molecular complexity index is 272. The zero-order chi connectivity index (χ0) is 9.45. The maximum atomic E-state index is 11.2. The molecule has 6 fully saturated rings. The lowest BCUT2D eigenvalue weighted by molar-refractivity contribution is -0.227. The Morgan fingerprint density at radius 2 is 1.64 bits per heavy atom. The van der Waals surface area contributed by atoms with E-state index in [1.165, 1.54) is 25.7 Å². The van der Waals surface area contributed by atoms with E-state index in [2.05, 4.69) is 0 Å². The molecule has 2 heteroatoms. The van der Waals surface area contributed by atoms with Crippen LogP contribution in [-0.4, -0.2) is 11.1 Å². The normalized spacial score (nSPS) is 62.4. The average molecular weight is 192 g/mol. The molecule has 0 saturated heterocycles. The highest BCUT2D eigenvalue weighted by Gasteiger charge is 2.67. The summed E-state index contributed by atoms with van der Waals surface area (Å²) < 4.78 is 0. The molecule has 1 N–H and O–H groups in total. The SMILES string of the molecule is O=C(O)C1[C@H]2C3CC4C[C@H]2C[C@@H](C4)[C@@H]31. The van der Waals surface area contributed by atoms with Crippen molar-refractivity contribution in [2.24, 2.45) is 41.4 Å². The Labute approximate surface area is 83.7 Å². The van der Waals surface area contributed by atoms with Gasteiger partial charge < -0.3 is 5.11 Å². The van der Waals surface area contributed by atoms with Crippen LogP contribution >= 0.6 is 0 Å². The van der Waals surface area contributed by atoms with Gasteiger partial charge in [-0.2, -0.15) is 0 Å².